The van der Waals surface area contributed by atoms with Crippen LogP contribution in [0.5, 0.6) is 0 Å². The minimum atomic E-state index is -0.785. The van der Waals surface area contributed by atoms with Gasteiger partial charge in [-0.15, -0.1) is 11.3 Å². The Morgan fingerprint density at radius 1 is 1.71 bits per heavy atom. The number of carboxylic acids is 1. The maximum atomic E-state index is 10.5. The molecule has 1 heterocycles. The zero-order chi connectivity index (χ0) is 9.97. The smallest absolute Gasteiger partial charge is 0.317 e. The summed E-state index contributed by atoms with van der Waals surface area (Å²) in [4.78, 5) is 11.7. The molecule has 0 radical (unpaired) electrons. The highest BCUT2D eigenvalue weighted by Gasteiger charge is 2.32. The van der Waals surface area contributed by atoms with Crippen LogP contribution in [0.2, 0.25) is 0 Å². The van der Waals surface area contributed by atoms with Crippen LogP contribution in [-0.2, 0) is 4.79 Å². The van der Waals surface area contributed by atoms with Gasteiger partial charge in [0.1, 0.15) is 0 Å². The quantitative estimate of drug-likeness (QED) is 0.781. The molecule has 14 heavy (non-hydrogen) atoms. The molecule has 1 fully saturated rings. The van der Waals surface area contributed by atoms with Gasteiger partial charge in [0.15, 0.2) is 0 Å². The first-order valence-corrected chi connectivity index (χ1v) is 5.64. The molecular weight excluding hydrogens is 198 g/mol. The van der Waals surface area contributed by atoms with Crippen LogP contribution < -0.4 is 5.32 Å². The van der Waals surface area contributed by atoms with Crippen LogP contribution in [0.4, 0.5) is 0 Å². The van der Waals surface area contributed by atoms with Gasteiger partial charge in [0.2, 0.25) is 0 Å². The summed E-state index contributed by atoms with van der Waals surface area (Å²) in [6.45, 7) is 0.0546. The topological polar surface area (TPSA) is 49.3 Å². The van der Waals surface area contributed by atoms with Crippen LogP contribution in [0.1, 0.15) is 23.8 Å². The maximum absolute atomic E-state index is 10.5. The number of rotatable bonds is 5. The average molecular weight is 211 g/mol. The lowest BCUT2D eigenvalue weighted by Gasteiger charge is -2.14. The van der Waals surface area contributed by atoms with Crippen LogP contribution in [0, 0.1) is 5.92 Å². The molecule has 0 amide bonds. The number of carbonyl (C=O) groups is 1. The third-order valence-electron chi connectivity index (χ3n) is 2.42. The summed E-state index contributed by atoms with van der Waals surface area (Å²) in [6, 6.07) is 4.34. The molecule has 1 aromatic heterocycles. The zero-order valence-electron chi connectivity index (χ0n) is 7.77. The number of hydrogen-bond acceptors (Lipinski definition) is 3. The minimum Gasteiger partial charge on any atom is -0.480 e. The molecule has 2 N–H and O–H groups in total. The molecule has 0 aliphatic heterocycles. The Morgan fingerprint density at radius 3 is 3.00 bits per heavy atom. The van der Waals surface area contributed by atoms with Crippen LogP contribution in [0.15, 0.2) is 17.5 Å². The van der Waals surface area contributed by atoms with Gasteiger partial charge in [-0.05, 0) is 30.2 Å². The van der Waals surface area contributed by atoms with E-state index in [4.69, 9.17) is 5.11 Å². The number of hydrogen-bond donors (Lipinski definition) is 2. The van der Waals surface area contributed by atoms with E-state index in [1.807, 2.05) is 11.4 Å². The van der Waals surface area contributed by atoms with Crippen molar-refractivity contribution in [2.75, 3.05) is 6.54 Å². The predicted molar refractivity (Wildman–Crippen MR) is 55.4 cm³/mol. The van der Waals surface area contributed by atoms with Crippen molar-refractivity contribution in [3.8, 4) is 0 Å². The van der Waals surface area contributed by atoms with E-state index >= 15 is 0 Å². The van der Waals surface area contributed by atoms with E-state index in [1.165, 1.54) is 17.7 Å². The van der Waals surface area contributed by atoms with Crippen molar-refractivity contribution in [2.24, 2.45) is 5.92 Å². The van der Waals surface area contributed by atoms with Crippen LogP contribution in [-0.4, -0.2) is 17.6 Å². The van der Waals surface area contributed by atoms with Crippen LogP contribution in [0.3, 0.4) is 0 Å². The van der Waals surface area contributed by atoms with E-state index < -0.39 is 5.97 Å². The van der Waals surface area contributed by atoms with Gasteiger partial charge < -0.3 is 5.11 Å². The summed E-state index contributed by atoms with van der Waals surface area (Å²) in [6.07, 6.45) is 2.43. The van der Waals surface area contributed by atoms with Gasteiger partial charge in [-0.25, -0.2) is 0 Å². The molecule has 1 aliphatic rings. The largest absolute Gasteiger partial charge is 0.480 e. The molecule has 3 nitrogen and oxygen atoms in total. The average Bonchev–Trinajstić information content (AvgIpc) is 2.81. The third kappa shape index (κ3) is 2.33. The van der Waals surface area contributed by atoms with Crippen molar-refractivity contribution in [3.63, 3.8) is 0 Å². The Balaban J connectivity index is 1.97. The van der Waals surface area contributed by atoms with Gasteiger partial charge in [0.05, 0.1) is 6.54 Å². The monoisotopic (exact) mass is 211 g/mol. The van der Waals surface area contributed by atoms with Gasteiger partial charge in [-0.1, -0.05) is 6.07 Å². The number of thiophene rings is 1. The normalized spacial score (nSPS) is 18.0. The van der Waals surface area contributed by atoms with E-state index in [2.05, 4.69) is 11.4 Å². The van der Waals surface area contributed by atoms with Crippen LogP contribution in [0.25, 0.3) is 0 Å². The fraction of sp³-hybridized carbons (Fsp3) is 0.500. The Hall–Kier alpha value is -0.870. The van der Waals surface area contributed by atoms with Crippen molar-refractivity contribution in [2.45, 2.75) is 18.9 Å². The maximum Gasteiger partial charge on any atom is 0.317 e. The Bertz CT molecular complexity index is 306. The van der Waals surface area contributed by atoms with Gasteiger partial charge >= 0.3 is 5.97 Å². The van der Waals surface area contributed by atoms with Crippen molar-refractivity contribution in [3.05, 3.63) is 22.4 Å². The fourth-order valence-corrected chi connectivity index (χ4v) is 2.49. The molecule has 1 aliphatic carbocycles. The van der Waals surface area contributed by atoms with Crippen molar-refractivity contribution >= 4 is 17.3 Å². The second-order valence-corrected chi connectivity index (χ2v) is 4.58. The summed E-state index contributed by atoms with van der Waals surface area (Å²) in [5.74, 6) is -0.139. The summed E-state index contributed by atoms with van der Waals surface area (Å²) in [5.41, 5.74) is 0. The van der Waals surface area contributed by atoms with Gasteiger partial charge in [-0.3, -0.25) is 10.1 Å². The molecule has 0 aromatic carbocycles. The molecule has 1 aromatic rings. The Morgan fingerprint density at radius 2 is 2.50 bits per heavy atom. The Labute approximate surface area is 86.8 Å². The number of carboxylic acid groups (broad SMARTS) is 1. The SMILES string of the molecule is O=C(O)CNC(c1cccs1)C1CC1. The van der Waals surface area contributed by atoms with E-state index in [1.54, 1.807) is 11.3 Å². The Kier molecular flexibility index (Phi) is 2.84. The summed E-state index contributed by atoms with van der Waals surface area (Å²) >= 11 is 1.70. The van der Waals surface area contributed by atoms with Gasteiger partial charge in [-0.2, -0.15) is 0 Å². The highest BCUT2D eigenvalue weighted by molar-refractivity contribution is 7.10. The number of nitrogens with one attached hydrogen (secondary N) is 1. The highest BCUT2D eigenvalue weighted by Crippen LogP contribution is 2.42. The molecule has 0 spiro atoms. The number of aliphatic carboxylic acids is 1. The van der Waals surface area contributed by atoms with Crippen molar-refractivity contribution in [1.82, 2.24) is 5.32 Å². The zero-order valence-corrected chi connectivity index (χ0v) is 8.59. The second-order valence-electron chi connectivity index (χ2n) is 3.61. The fourth-order valence-electron chi connectivity index (χ4n) is 1.59. The highest BCUT2D eigenvalue weighted by atomic mass is 32.1. The lowest BCUT2D eigenvalue weighted by Crippen LogP contribution is -2.28. The molecule has 4 heteroatoms. The molecule has 76 valence electrons. The molecule has 0 bridgehead atoms. The summed E-state index contributed by atoms with van der Waals surface area (Å²) in [7, 11) is 0. The molecule has 2 rings (SSSR count). The first-order chi connectivity index (χ1) is 6.77. The standard InChI is InChI=1S/C10H13NO2S/c12-9(13)6-11-10(7-3-4-7)8-2-1-5-14-8/h1-2,5,7,10-11H,3-4,6H2,(H,12,13). The first-order valence-electron chi connectivity index (χ1n) is 4.76. The molecular formula is C10H13NO2S. The third-order valence-corrected chi connectivity index (χ3v) is 3.37. The molecule has 0 saturated heterocycles. The first kappa shape index (κ1) is 9.68. The van der Waals surface area contributed by atoms with E-state index in [9.17, 15) is 4.79 Å². The molecule has 1 unspecified atom stereocenters. The van der Waals surface area contributed by atoms with E-state index in [0.29, 0.717) is 5.92 Å². The second kappa shape index (κ2) is 4.11. The summed E-state index contributed by atoms with van der Waals surface area (Å²) in [5, 5.41) is 13.7. The van der Waals surface area contributed by atoms with Crippen molar-refractivity contribution < 1.29 is 9.90 Å². The predicted octanol–water partition coefficient (Wildman–Crippen LogP) is 1.87. The minimum absolute atomic E-state index is 0.0546. The van der Waals surface area contributed by atoms with Crippen LogP contribution >= 0.6 is 11.3 Å². The van der Waals surface area contributed by atoms with Gasteiger partial charge in [0.25, 0.3) is 0 Å². The van der Waals surface area contributed by atoms with Crippen molar-refractivity contribution in [1.29, 1.82) is 0 Å². The van der Waals surface area contributed by atoms with Gasteiger partial charge in [0, 0.05) is 10.9 Å². The lowest BCUT2D eigenvalue weighted by molar-refractivity contribution is -0.136. The van der Waals surface area contributed by atoms with E-state index in [-0.39, 0.29) is 12.6 Å². The summed E-state index contributed by atoms with van der Waals surface area (Å²) < 4.78 is 0. The molecule has 1 saturated carbocycles. The molecule has 1 atom stereocenters. The lowest BCUT2D eigenvalue weighted by atomic mass is 10.1. The van der Waals surface area contributed by atoms with E-state index in [0.717, 1.165) is 0 Å².